The first-order valence-electron chi connectivity index (χ1n) is 5.86. The Morgan fingerprint density at radius 2 is 2.00 bits per heavy atom. The van der Waals surface area contributed by atoms with Crippen molar-refractivity contribution in [2.45, 2.75) is 38.3 Å². The van der Waals surface area contributed by atoms with Gasteiger partial charge in [-0.15, -0.1) is 0 Å². The highest BCUT2D eigenvalue weighted by molar-refractivity contribution is 7.80. The fourth-order valence-electron chi connectivity index (χ4n) is 2.68. The summed E-state index contributed by atoms with van der Waals surface area (Å²) in [6.07, 6.45) is 2.46. The molecule has 0 aromatic rings. The maximum atomic E-state index is 5.60. The van der Waals surface area contributed by atoms with Crippen LogP contribution in [0.5, 0.6) is 0 Å². The van der Waals surface area contributed by atoms with Gasteiger partial charge in [-0.25, -0.2) is 0 Å². The van der Waals surface area contributed by atoms with Crippen molar-refractivity contribution in [2.75, 3.05) is 32.3 Å². The van der Waals surface area contributed by atoms with Gasteiger partial charge < -0.3 is 9.64 Å². The third kappa shape index (κ3) is 2.18. The van der Waals surface area contributed by atoms with Crippen molar-refractivity contribution in [1.82, 2.24) is 9.80 Å². The van der Waals surface area contributed by atoms with E-state index in [1.165, 1.54) is 25.9 Å². The zero-order chi connectivity index (χ0) is 10.9. The number of hydrogen-bond acceptors (Lipinski definition) is 4. The number of ether oxygens (including phenoxy) is 1. The normalized spacial score (nSPS) is 28.0. The fourth-order valence-corrected chi connectivity index (χ4v) is 3.06. The van der Waals surface area contributed by atoms with Crippen molar-refractivity contribution in [2.24, 2.45) is 0 Å². The summed E-state index contributed by atoms with van der Waals surface area (Å²) < 4.78 is 5.60. The predicted molar refractivity (Wildman–Crippen MR) is 65.2 cm³/mol. The van der Waals surface area contributed by atoms with E-state index >= 15 is 0 Å². The van der Waals surface area contributed by atoms with Crippen LogP contribution >= 0.6 is 12.6 Å². The molecule has 2 saturated heterocycles. The molecule has 2 fully saturated rings. The minimum Gasteiger partial charge on any atom is -0.364 e. The number of hydrogen-bond donors (Lipinski definition) is 1. The van der Waals surface area contributed by atoms with E-state index in [0.29, 0.717) is 11.6 Å². The molecule has 2 aliphatic heterocycles. The highest BCUT2D eigenvalue weighted by atomic mass is 32.1. The molecule has 0 aliphatic carbocycles. The Labute approximate surface area is 98.2 Å². The molecule has 0 aromatic heterocycles. The number of thiol groups is 1. The van der Waals surface area contributed by atoms with Crippen molar-refractivity contribution >= 4 is 12.6 Å². The summed E-state index contributed by atoms with van der Waals surface area (Å²) in [5.41, 5.74) is 0.299. The second kappa shape index (κ2) is 4.62. The van der Waals surface area contributed by atoms with Crippen LogP contribution in [-0.2, 0) is 4.74 Å². The van der Waals surface area contributed by atoms with E-state index in [1.54, 1.807) is 0 Å². The molecule has 0 radical (unpaired) electrons. The van der Waals surface area contributed by atoms with Crippen LogP contribution in [0, 0.1) is 0 Å². The van der Waals surface area contributed by atoms with E-state index < -0.39 is 0 Å². The molecule has 88 valence electrons. The van der Waals surface area contributed by atoms with Gasteiger partial charge in [0.2, 0.25) is 0 Å². The Morgan fingerprint density at radius 3 is 2.53 bits per heavy atom. The summed E-state index contributed by atoms with van der Waals surface area (Å²) >= 11 is 4.40. The molecule has 0 atom stereocenters. The Hall–Kier alpha value is 0.230. The minimum absolute atomic E-state index is 0.299. The molecule has 0 saturated carbocycles. The molecule has 1 spiro atoms. The van der Waals surface area contributed by atoms with Crippen LogP contribution in [0.2, 0.25) is 0 Å². The van der Waals surface area contributed by atoms with Crippen LogP contribution in [0.15, 0.2) is 0 Å². The molecule has 3 nitrogen and oxygen atoms in total. The summed E-state index contributed by atoms with van der Waals surface area (Å²) in [6.45, 7) is 8.63. The second-order valence-electron chi connectivity index (χ2n) is 5.01. The van der Waals surface area contributed by atoms with Gasteiger partial charge >= 0.3 is 0 Å². The fraction of sp³-hybridized carbons (Fsp3) is 1.00. The first-order valence-corrected chi connectivity index (χ1v) is 6.49. The molecule has 0 unspecified atom stereocenters. The summed E-state index contributed by atoms with van der Waals surface area (Å²) in [6, 6.07) is 0.675. The van der Waals surface area contributed by atoms with Gasteiger partial charge in [0.25, 0.3) is 0 Å². The topological polar surface area (TPSA) is 15.7 Å². The Bertz CT molecular complexity index is 215. The Balaban J connectivity index is 1.96. The Kier molecular flexibility index (Phi) is 3.60. The largest absolute Gasteiger partial charge is 0.364 e. The van der Waals surface area contributed by atoms with E-state index in [-0.39, 0.29) is 0 Å². The van der Waals surface area contributed by atoms with Gasteiger partial charge in [0, 0.05) is 30.5 Å². The molecule has 0 amide bonds. The van der Waals surface area contributed by atoms with Gasteiger partial charge in [0.15, 0.2) is 0 Å². The highest BCUT2D eigenvalue weighted by Gasteiger charge is 2.43. The minimum atomic E-state index is 0.299. The van der Waals surface area contributed by atoms with Gasteiger partial charge in [0.1, 0.15) is 6.73 Å². The molecule has 0 aromatic carbocycles. The van der Waals surface area contributed by atoms with Crippen molar-refractivity contribution in [3.05, 3.63) is 0 Å². The van der Waals surface area contributed by atoms with Crippen LogP contribution < -0.4 is 0 Å². The van der Waals surface area contributed by atoms with E-state index in [0.717, 1.165) is 19.2 Å². The molecule has 2 heterocycles. The quantitative estimate of drug-likeness (QED) is 0.722. The van der Waals surface area contributed by atoms with Gasteiger partial charge in [-0.1, -0.05) is 0 Å². The van der Waals surface area contributed by atoms with E-state index in [1.807, 2.05) is 0 Å². The molecular weight excluding hydrogens is 208 g/mol. The van der Waals surface area contributed by atoms with Gasteiger partial charge in [-0.05, 0) is 26.7 Å². The number of rotatable bonds is 2. The molecular formula is C11H22N2OS. The van der Waals surface area contributed by atoms with E-state index in [2.05, 4.69) is 36.3 Å². The van der Waals surface area contributed by atoms with Crippen LogP contribution in [0.4, 0.5) is 0 Å². The van der Waals surface area contributed by atoms with Crippen LogP contribution in [-0.4, -0.2) is 53.7 Å². The Morgan fingerprint density at radius 1 is 1.33 bits per heavy atom. The first kappa shape index (κ1) is 11.7. The van der Waals surface area contributed by atoms with Gasteiger partial charge in [0.05, 0.1) is 6.61 Å². The molecule has 4 heteroatoms. The van der Waals surface area contributed by atoms with Crippen molar-refractivity contribution in [3.63, 3.8) is 0 Å². The number of likely N-dealkylation sites (tertiary alicyclic amines) is 1. The molecule has 0 bridgehead atoms. The summed E-state index contributed by atoms with van der Waals surface area (Å²) in [5.74, 6) is 0.821. The zero-order valence-electron chi connectivity index (χ0n) is 9.78. The zero-order valence-corrected chi connectivity index (χ0v) is 10.7. The van der Waals surface area contributed by atoms with Crippen LogP contribution in [0.1, 0.15) is 26.7 Å². The molecule has 2 rings (SSSR count). The summed E-state index contributed by atoms with van der Waals surface area (Å²) in [7, 11) is 0. The lowest BCUT2D eigenvalue weighted by Gasteiger charge is -2.44. The third-order valence-electron chi connectivity index (χ3n) is 3.92. The number of piperidine rings is 1. The average molecular weight is 230 g/mol. The molecule has 0 N–H and O–H groups in total. The molecule has 15 heavy (non-hydrogen) atoms. The third-order valence-corrected chi connectivity index (χ3v) is 4.26. The lowest BCUT2D eigenvalue weighted by atomic mass is 9.87. The second-order valence-corrected chi connectivity index (χ2v) is 5.30. The van der Waals surface area contributed by atoms with Crippen LogP contribution in [0.25, 0.3) is 0 Å². The van der Waals surface area contributed by atoms with E-state index in [4.69, 9.17) is 4.74 Å². The van der Waals surface area contributed by atoms with Gasteiger partial charge in [-0.2, -0.15) is 12.6 Å². The summed E-state index contributed by atoms with van der Waals surface area (Å²) in [4.78, 5) is 4.94. The van der Waals surface area contributed by atoms with Gasteiger partial charge in [-0.3, -0.25) is 4.90 Å². The maximum absolute atomic E-state index is 5.60. The van der Waals surface area contributed by atoms with Crippen molar-refractivity contribution < 1.29 is 4.74 Å². The lowest BCUT2D eigenvalue weighted by Crippen LogP contribution is -2.54. The lowest BCUT2D eigenvalue weighted by molar-refractivity contribution is 0.0608. The van der Waals surface area contributed by atoms with E-state index in [9.17, 15) is 0 Å². The first-order chi connectivity index (χ1) is 7.18. The van der Waals surface area contributed by atoms with Crippen molar-refractivity contribution in [1.29, 1.82) is 0 Å². The molecule has 2 aliphatic rings. The predicted octanol–water partition coefficient (Wildman–Crippen LogP) is 1.41. The number of nitrogens with zero attached hydrogens (tertiary/aromatic N) is 2. The highest BCUT2D eigenvalue weighted by Crippen LogP contribution is 2.34. The smallest absolute Gasteiger partial charge is 0.100 e. The summed E-state index contributed by atoms with van der Waals surface area (Å²) in [5, 5.41) is 0. The monoisotopic (exact) mass is 230 g/mol. The van der Waals surface area contributed by atoms with Crippen molar-refractivity contribution in [3.8, 4) is 0 Å². The standard InChI is InChI=1S/C11H22N2OS/c1-10(2)12-5-3-11(4-6-12)7-14-8-13(11)9-15/h10,15H,3-9H2,1-2H3. The maximum Gasteiger partial charge on any atom is 0.100 e. The van der Waals surface area contributed by atoms with Crippen LogP contribution in [0.3, 0.4) is 0 Å². The average Bonchev–Trinajstić information content (AvgIpc) is 2.61. The SMILES string of the molecule is CC(C)N1CCC2(CC1)COCN2CS.